The first-order valence-corrected chi connectivity index (χ1v) is 6.20. The summed E-state index contributed by atoms with van der Waals surface area (Å²) in [5.41, 5.74) is 0.192. The van der Waals surface area contributed by atoms with Crippen LogP contribution in [0.1, 0.15) is 15.9 Å². The molecule has 0 aliphatic rings. The Balaban J connectivity index is 2.37. The Morgan fingerprint density at radius 3 is 2.82 bits per heavy atom. The molecule has 0 fully saturated rings. The van der Waals surface area contributed by atoms with Crippen molar-refractivity contribution in [3.05, 3.63) is 64.0 Å². The number of nitro benzene ring substituents is 1. The maximum Gasteiger partial charge on any atom is 0.280 e. The van der Waals surface area contributed by atoms with E-state index in [2.05, 4.69) is 4.98 Å². The maximum absolute atomic E-state index is 11.9. The van der Waals surface area contributed by atoms with Crippen LogP contribution in [0.2, 0.25) is 0 Å². The highest BCUT2D eigenvalue weighted by Gasteiger charge is 2.17. The zero-order chi connectivity index (χ0) is 16.1. The molecule has 0 saturated heterocycles. The average molecular weight is 300 g/mol. The highest BCUT2D eigenvalue weighted by Crippen LogP contribution is 2.34. The number of nitrogens with zero attached hydrogens (tertiary/aromatic N) is 2. The molecule has 1 heterocycles. The summed E-state index contributed by atoms with van der Waals surface area (Å²) in [5, 5.41) is 20.6. The molecule has 0 saturated carbocycles. The number of phenols is 1. The van der Waals surface area contributed by atoms with Gasteiger partial charge in [-0.1, -0.05) is 0 Å². The summed E-state index contributed by atoms with van der Waals surface area (Å²) in [5.74, 6) is -0.599. The van der Waals surface area contributed by atoms with Gasteiger partial charge in [0.25, 0.3) is 5.69 Å². The molecular formula is C15H12N2O5. The monoisotopic (exact) mass is 300 g/mol. The molecule has 0 radical (unpaired) electrons. The van der Waals surface area contributed by atoms with Gasteiger partial charge in [-0.3, -0.25) is 19.9 Å². The third kappa shape index (κ3) is 3.26. The molecular weight excluding hydrogens is 288 g/mol. The summed E-state index contributed by atoms with van der Waals surface area (Å²) in [6, 6.07) is 5.48. The number of carbonyl (C=O) groups is 1. The number of hydrogen-bond acceptors (Lipinski definition) is 6. The number of methoxy groups -OCH3 is 1. The van der Waals surface area contributed by atoms with Gasteiger partial charge in [-0.05, 0) is 30.4 Å². The summed E-state index contributed by atoms with van der Waals surface area (Å²) >= 11 is 0. The van der Waals surface area contributed by atoms with Crippen LogP contribution in [0, 0.1) is 10.1 Å². The van der Waals surface area contributed by atoms with Crippen LogP contribution in [0.25, 0.3) is 6.08 Å². The van der Waals surface area contributed by atoms with Gasteiger partial charge in [0.2, 0.25) is 0 Å². The van der Waals surface area contributed by atoms with Gasteiger partial charge in [0.05, 0.1) is 23.7 Å². The molecule has 0 unspecified atom stereocenters. The largest absolute Gasteiger partial charge is 0.504 e. The minimum atomic E-state index is -0.645. The third-order valence-corrected chi connectivity index (χ3v) is 2.89. The van der Waals surface area contributed by atoms with Crippen molar-refractivity contribution in [1.29, 1.82) is 0 Å². The van der Waals surface area contributed by atoms with Gasteiger partial charge in [0.1, 0.15) is 0 Å². The number of allylic oxidation sites excluding steroid dienone is 1. The number of pyridine rings is 1. The van der Waals surface area contributed by atoms with Gasteiger partial charge in [-0.25, -0.2) is 0 Å². The van der Waals surface area contributed by atoms with Crippen LogP contribution in [0.15, 0.2) is 42.7 Å². The Morgan fingerprint density at radius 2 is 2.23 bits per heavy atom. The minimum Gasteiger partial charge on any atom is -0.504 e. The fourth-order valence-corrected chi connectivity index (χ4v) is 1.80. The molecule has 0 aliphatic carbocycles. The van der Waals surface area contributed by atoms with Crippen LogP contribution in [-0.2, 0) is 0 Å². The van der Waals surface area contributed by atoms with Gasteiger partial charge in [-0.15, -0.1) is 0 Å². The lowest BCUT2D eigenvalue weighted by atomic mass is 10.1. The van der Waals surface area contributed by atoms with Gasteiger partial charge in [0, 0.05) is 18.0 Å². The number of hydrogen-bond donors (Lipinski definition) is 1. The molecule has 22 heavy (non-hydrogen) atoms. The standard InChI is InChI=1S/C15H12N2O5/c1-22-15-7-10(12(17(20)21)8-14(15)19)4-5-13(18)11-3-2-6-16-9-11/h2-9,19H,1H3/b5-4+. The van der Waals surface area contributed by atoms with Crippen LogP contribution in [0.5, 0.6) is 11.5 Å². The lowest BCUT2D eigenvalue weighted by molar-refractivity contribution is -0.385. The Hall–Kier alpha value is -3.22. The van der Waals surface area contributed by atoms with E-state index in [9.17, 15) is 20.0 Å². The predicted octanol–water partition coefficient (Wildman–Crippen LogP) is 2.60. The molecule has 2 aromatic rings. The number of ether oxygens (including phenoxy) is 1. The second-order valence-electron chi connectivity index (χ2n) is 4.28. The smallest absolute Gasteiger partial charge is 0.280 e. The lowest BCUT2D eigenvalue weighted by Crippen LogP contribution is -1.96. The van der Waals surface area contributed by atoms with Crippen molar-refractivity contribution < 1.29 is 19.6 Å². The molecule has 0 amide bonds. The molecule has 0 spiro atoms. The lowest BCUT2D eigenvalue weighted by Gasteiger charge is -2.05. The minimum absolute atomic E-state index is 0.0825. The number of nitro groups is 1. The summed E-state index contributed by atoms with van der Waals surface area (Å²) in [6.07, 6.45) is 5.44. The predicted molar refractivity (Wildman–Crippen MR) is 78.9 cm³/mol. The Labute approximate surface area is 125 Å². The van der Waals surface area contributed by atoms with E-state index in [0.29, 0.717) is 5.56 Å². The van der Waals surface area contributed by atoms with E-state index in [1.54, 1.807) is 12.1 Å². The van der Waals surface area contributed by atoms with E-state index < -0.39 is 4.92 Å². The number of rotatable bonds is 5. The SMILES string of the molecule is COc1cc(/C=C/C(=O)c2cccnc2)c([N+](=O)[O-])cc1O. The first-order valence-electron chi connectivity index (χ1n) is 6.20. The quantitative estimate of drug-likeness (QED) is 0.394. The third-order valence-electron chi connectivity index (χ3n) is 2.89. The van der Waals surface area contributed by atoms with E-state index in [1.165, 1.54) is 37.7 Å². The topological polar surface area (TPSA) is 103 Å². The van der Waals surface area contributed by atoms with Crippen LogP contribution >= 0.6 is 0 Å². The molecule has 2 rings (SSSR count). The van der Waals surface area contributed by atoms with Crippen molar-refractivity contribution in [2.24, 2.45) is 0 Å². The number of aromatic hydroxyl groups is 1. The van der Waals surface area contributed by atoms with Crippen molar-refractivity contribution in [3.63, 3.8) is 0 Å². The van der Waals surface area contributed by atoms with E-state index in [0.717, 1.165) is 6.07 Å². The van der Waals surface area contributed by atoms with Crippen molar-refractivity contribution in [3.8, 4) is 11.5 Å². The molecule has 7 heteroatoms. The van der Waals surface area contributed by atoms with E-state index >= 15 is 0 Å². The van der Waals surface area contributed by atoms with Gasteiger partial charge in [0.15, 0.2) is 17.3 Å². The number of carbonyl (C=O) groups excluding carboxylic acids is 1. The fourth-order valence-electron chi connectivity index (χ4n) is 1.80. The zero-order valence-electron chi connectivity index (χ0n) is 11.6. The molecule has 0 bridgehead atoms. The first kappa shape index (κ1) is 15.2. The van der Waals surface area contributed by atoms with Gasteiger partial charge >= 0.3 is 0 Å². The summed E-state index contributed by atoms with van der Waals surface area (Å²) < 4.78 is 4.91. The molecule has 7 nitrogen and oxygen atoms in total. The number of aromatic nitrogens is 1. The van der Waals surface area contributed by atoms with Crippen molar-refractivity contribution >= 4 is 17.5 Å². The fraction of sp³-hybridized carbons (Fsp3) is 0.0667. The summed E-state index contributed by atoms with van der Waals surface area (Å²) in [4.78, 5) is 26.1. The van der Waals surface area contributed by atoms with Crippen LogP contribution < -0.4 is 4.74 Å². The molecule has 1 aromatic heterocycles. The highest BCUT2D eigenvalue weighted by atomic mass is 16.6. The molecule has 112 valence electrons. The summed E-state index contributed by atoms with van der Waals surface area (Å²) in [6.45, 7) is 0. The van der Waals surface area contributed by atoms with Crippen molar-refractivity contribution in [2.75, 3.05) is 7.11 Å². The van der Waals surface area contributed by atoms with E-state index in [4.69, 9.17) is 4.74 Å². The molecule has 0 atom stereocenters. The Bertz CT molecular complexity index is 741. The summed E-state index contributed by atoms with van der Waals surface area (Å²) in [7, 11) is 1.33. The van der Waals surface area contributed by atoms with Crippen LogP contribution in [0.3, 0.4) is 0 Å². The highest BCUT2D eigenvalue weighted by molar-refractivity contribution is 6.06. The normalized spacial score (nSPS) is 10.6. The molecule has 1 aromatic carbocycles. The first-order chi connectivity index (χ1) is 10.5. The molecule has 1 N–H and O–H groups in total. The second kappa shape index (κ2) is 6.49. The number of ketones is 1. The van der Waals surface area contributed by atoms with Crippen LogP contribution in [-0.4, -0.2) is 27.9 Å². The average Bonchev–Trinajstić information content (AvgIpc) is 2.53. The van der Waals surface area contributed by atoms with E-state index in [-0.39, 0.29) is 28.5 Å². The van der Waals surface area contributed by atoms with E-state index in [1.807, 2.05) is 0 Å². The van der Waals surface area contributed by atoms with Crippen molar-refractivity contribution in [2.45, 2.75) is 0 Å². The second-order valence-corrected chi connectivity index (χ2v) is 4.28. The Morgan fingerprint density at radius 1 is 1.45 bits per heavy atom. The van der Waals surface area contributed by atoms with Gasteiger partial charge in [-0.2, -0.15) is 0 Å². The van der Waals surface area contributed by atoms with Gasteiger partial charge < -0.3 is 9.84 Å². The molecule has 0 aliphatic heterocycles. The zero-order valence-corrected chi connectivity index (χ0v) is 11.6. The number of benzene rings is 1. The maximum atomic E-state index is 11.9. The Kier molecular flexibility index (Phi) is 4.47. The van der Waals surface area contributed by atoms with Crippen molar-refractivity contribution in [1.82, 2.24) is 4.98 Å². The number of phenolic OH excluding ortho intramolecular Hbond substituents is 1. The van der Waals surface area contributed by atoms with Crippen LogP contribution in [0.4, 0.5) is 5.69 Å².